The summed E-state index contributed by atoms with van der Waals surface area (Å²) in [6.07, 6.45) is 1.48. The summed E-state index contributed by atoms with van der Waals surface area (Å²) in [6, 6.07) is 20.1. The fourth-order valence-electron chi connectivity index (χ4n) is 3.72. The second-order valence-corrected chi connectivity index (χ2v) is 9.52. The first-order chi connectivity index (χ1) is 16.3. The Labute approximate surface area is 197 Å². The van der Waals surface area contributed by atoms with Crippen LogP contribution in [0.2, 0.25) is 0 Å². The van der Waals surface area contributed by atoms with Crippen LogP contribution in [-0.2, 0) is 26.0 Å². The minimum Gasteiger partial charge on any atom is -0.495 e. The lowest BCUT2D eigenvalue weighted by Gasteiger charge is -2.13. The van der Waals surface area contributed by atoms with Crippen molar-refractivity contribution in [1.29, 1.82) is 0 Å². The summed E-state index contributed by atoms with van der Waals surface area (Å²) < 4.78 is 33.5. The van der Waals surface area contributed by atoms with Gasteiger partial charge < -0.3 is 19.9 Å². The number of ether oxygens (including phenoxy) is 1. The molecule has 9 heteroatoms. The summed E-state index contributed by atoms with van der Waals surface area (Å²) in [5.41, 5.74) is 1.50. The molecule has 1 aromatic heterocycles. The average molecular weight is 478 g/mol. The molecule has 34 heavy (non-hydrogen) atoms. The van der Waals surface area contributed by atoms with Gasteiger partial charge in [-0.15, -0.1) is 0 Å². The summed E-state index contributed by atoms with van der Waals surface area (Å²) in [4.78, 5) is 24.6. The molecule has 174 valence electrons. The van der Waals surface area contributed by atoms with Crippen LogP contribution in [0.4, 0.5) is 11.4 Å². The first-order valence-corrected chi connectivity index (χ1v) is 11.9. The molecule has 4 rings (SSSR count). The van der Waals surface area contributed by atoms with Crippen LogP contribution in [0.1, 0.15) is 6.92 Å². The molecule has 0 aliphatic carbocycles. The van der Waals surface area contributed by atoms with Crippen LogP contribution >= 0.6 is 0 Å². The summed E-state index contributed by atoms with van der Waals surface area (Å²) in [5.74, 6) is -0.205. The summed E-state index contributed by atoms with van der Waals surface area (Å²) in [5, 5.41) is 5.98. The highest BCUT2D eigenvalue weighted by atomic mass is 32.2. The van der Waals surface area contributed by atoms with Gasteiger partial charge in [-0.05, 0) is 36.4 Å². The molecule has 4 aromatic rings. The maximum absolute atomic E-state index is 13.3. The smallest absolute Gasteiger partial charge is 0.244 e. The number of benzene rings is 3. The quantitative estimate of drug-likeness (QED) is 0.417. The van der Waals surface area contributed by atoms with E-state index in [4.69, 9.17) is 4.74 Å². The van der Waals surface area contributed by atoms with Crippen molar-refractivity contribution in [3.05, 3.63) is 79.0 Å². The van der Waals surface area contributed by atoms with Gasteiger partial charge in [0.25, 0.3) is 0 Å². The lowest BCUT2D eigenvalue weighted by atomic mass is 10.2. The van der Waals surface area contributed by atoms with Gasteiger partial charge in [0.15, 0.2) is 0 Å². The van der Waals surface area contributed by atoms with Crippen LogP contribution in [-0.4, -0.2) is 31.9 Å². The molecule has 2 N–H and O–H groups in total. The fourth-order valence-corrected chi connectivity index (χ4v) is 5.21. The fraction of sp³-hybridized carbons (Fsp3) is 0.120. The highest BCUT2D eigenvalue weighted by Crippen LogP contribution is 2.31. The molecule has 0 aliphatic heterocycles. The van der Waals surface area contributed by atoms with Gasteiger partial charge in [-0.2, -0.15) is 0 Å². The maximum Gasteiger partial charge on any atom is 0.244 e. The Morgan fingerprint density at radius 2 is 1.65 bits per heavy atom. The Balaban J connectivity index is 1.66. The van der Waals surface area contributed by atoms with Crippen molar-refractivity contribution < 1.29 is 22.7 Å². The number of hydrogen-bond donors (Lipinski definition) is 2. The van der Waals surface area contributed by atoms with Crippen LogP contribution in [0, 0.1) is 0 Å². The number of methoxy groups -OCH3 is 1. The number of anilines is 2. The van der Waals surface area contributed by atoms with Crippen molar-refractivity contribution in [3.8, 4) is 5.75 Å². The van der Waals surface area contributed by atoms with Crippen LogP contribution in [0.15, 0.2) is 88.8 Å². The molecule has 0 spiro atoms. The number of aromatic nitrogens is 1. The Morgan fingerprint density at radius 3 is 2.35 bits per heavy atom. The van der Waals surface area contributed by atoms with E-state index in [1.165, 1.54) is 20.2 Å². The third-order valence-corrected chi connectivity index (χ3v) is 7.00. The van der Waals surface area contributed by atoms with Crippen LogP contribution in [0.5, 0.6) is 5.75 Å². The van der Waals surface area contributed by atoms with Crippen molar-refractivity contribution in [2.24, 2.45) is 0 Å². The maximum atomic E-state index is 13.3. The van der Waals surface area contributed by atoms with E-state index in [0.717, 1.165) is 0 Å². The predicted octanol–water partition coefficient (Wildman–Crippen LogP) is 4.08. The first kappa shape index (κ1) is 23.1. The van der Waals surface area contributed by atoms with Gasteiger partial charge in [0.1, 0.15) is 12.3 Å². The number of carbonyl (C=O) groups excluding carboxylic acids is 2. The minimum absolute atomic E-state index is 0.127. The van der Waals surface area contributed by atoms with Crippen molar-refractivity contribution in [1.82, 2.24) is 4.57 Å². The number of hydrogen-bond acceptors (Lipinski definition) is 5. The molecular formula is C25H23N3O5S. The van der Waals surface area contributed by atoms with Crippen molar-refractivity contribution in [2.45, 2.75) is 23.3 Å². The molecule has 0 unspecified atom stereocenters. The lowest BCUT2D eigenvalue weighted by molar-refractivity contribution is -0.116. The van der Waals surface area contributed by atoms with Gasteiger partial charge in [-0.1, -0.05) is 36.4 Å². The molecule has 0 saturated carbocycles. The van der Waals surface area contributed by atoms with E-state index in [9.17, 15) is 18.0 Å². The van der Waals surface area contributed by atoms with Crippen LogP contribution in [0.3, 0.4) is 0 Å². The van der Waals surface area contributed by atoms with Crippen molar-refractivity contribution in [2.75, 3.05) is 17.7 Å². The number of rotatable bonds is 7. The Bertz CT molecular complexity index is 1480. The SMILES string of the molecule is COc1ccc(NC(C)=O)cc1NC(=O)Cn1cc(S(=O)(=O)c2ccccc2)c2ccccc21. The molecule has 2 amide bonds. The standard InChI is InChI=1S/C25H23N3O5S/c1-17(29)26-18-12-13-23(33-2)21(14-18)27-25(30)16-28-15-24(20-10-6-7-11-22(20)28)34(31,32)19-8-4-3-5-9-19/h3-15H,16H2,1-2H3,(H,26,29)(H,27,30). The van der Waals surface area contributed by atoms with Crippen molar-refractivity contribution >= 4 is 43.9 Å². The van der Waals surface area contributed by atoms with E-state index in [1.54, 1.807) is 77.4 Å². The normalized spacial score (nSPS) is 11.2. The predicted molar refractivity (Wildman–Crippen MR) is 130 cm³/mol. The second kappa shape index (κ2) is 9.40. The second-order valence-electron chi connectivity index (χ2n) is 7.60. The average Bonchev–Trinajstić information content (AvgIpc) is 3.18. The highest BCUT2D eigenvalue weighted by molar-refractivity contribution is 7.91. The first-order valence-electron chi connectivity index (χ1n) is 10.4. The molecular weight excluding hydrogens is 454 g/mol. The number of fused-ring (bicyclic) bond motifs is 1. The summed E-state index contributed by atoms with van der Waals surface area (Å²) in [6.45, 7) is 1.26. The third kappa shape index (κ3) is 4.65. The minimum atomic E-state index is -3.78. The molecule has 0 saturated heterocycles. The van der Waals surface area contributed by atoms with Crippen molar-refractivity contribution in [3.63, 3.8) is 0 Å². The van der Waals surface area contributed by atoms with E-state index in [-0.39, 0.29) is 28.2 Å². The molecule has 0 aliphatic rings. The Morgan fingerprint density at radius 1 is 0.941 bits per heavy atom. The number of carbonyl (C=O) groups is 2. The molecule has 1 heterocycles. The van der Waals surface area contributed by atoms with E-state index < -0.39 is 9.84 Å². The van der Waals surface area contributed by atoms with Gasteiger partial charge in [0, 0.05) is 29.7 Å². The number of sulfone groups is 1. The third-order valence-electron chi connectivity index (χ3n) is 5.20. The van der Waals surface area contributed by atoms with Gasteiger partial charge >= 0.3 is 0 Å². The molecule has 0 fully saturated rings. The largest absolute Gasteiger partial charge is 0.495 e. The number of nitrogens with zero attached hydrogens (tertiary/aromatic N) is 1. The molecule has 0 radical (unpaired) electrons. The summed E-state index contributed by atoms with van der Waals surface area (Å²) in [7, 11) is -2.30. The van der Waals surface area contributed by atoms with Gasteiger partial charge in [0.05, 0.1) is 22.6 Å². The molecule has 0 bridgehead atoms. The Hall–Kier alpha value is -4.11. The number of amides is 2. The van der Waals surface area contributed by atoms with E-state index in [2.05, 4.69) is 10.6 Å². The van der Waals surface area contributed by atoms with E-state index in [1.807, 2.05) is 0 Å². The lowest BCUT2D eigenvalue weighted by Crippen LogP contribution is -2.19. The van der Waals surface area contributed by atoms with E-state index >= 15 is 0 Å². The van der Waals surface area contributed by atoms with Gasteiger partial charge in [-0.3, -0.25) is 9.59 Å². The zero-order chi connectivity index (χ0) is 24.3. The van der Waals surface area contributed by atoms with E-state index in [0.29, 0.717) is 28.0 Å². The van der Waals surface area contributed by atoms with Crippen LogP contribution in [0.25, 0.3) is 10.9 Å². The van der Waals surface area contributed by atoms with Gasteiger partial charge in [-0.25, -0.2) is 8.42 Å². The zero-order valence-corrected chi connectivity index (χ0v) is 19.4. The highest BCUT2D eigenvalue weighted by Gasteiger charge is 2.23. The molecule has 0 atom stereocenters. The summed E-state index contributed by atoms with van der Waals surface area (Å²) >= 11 is 0. The van der Waals surface area contributed by atoms with Gasteiger partial charge in [0.2, 0.25) is 21.7 Å². The zero-order valence-electron chi connectivity index (χ0n) is 18.6. The Kier molecular flexibility index (Phi) is 6.38. The monoisotopic (exact) mass is 477 g/mol. The number of nitrogens with one attached hydrogen (secondary N) is 2. The number of para-hydroxylation sites is 1. The topological polar surface area (TPSA) is 106 Å². The molecule has 3 aromatic carbocycles. The molecule has 8 nitrogen and oxygen atoms in total. The van der Waals surface area contributed by atoms with Crippen LogP contribution < -0.4 is 15.4 Å².